The number of ether oxygens (including phenoxy) is 1. The normalized spacial score (nSPS) is 11.4. The molecular weight excluding hydrogens is 268 g/mol. The fraction of sp³-hybridized carbons (Fsp3) is 0.333. The Morgan fingerprint density at radius 2 is 1.80 bits per heavy atom. The van der Waals surface area contributed by atoms with E-state index in [1.165, 1.54) is 11.1 Å². The van der Waals surface area contributed by atoms with Crippen molar-refractivity contribution in [2.24, 2.45) is 0 Å². The maximum atomic E-state index is 6.01. The summed E-state index contributed by atoms with van der Waals surface area (Å²) >= 11 is 5.99. The molecule has 0 saturated carbocycles. The molecule has 2 rings (SSSR count). The molecular formula is C18H21ClO. The molecule has 0 bridgehead atoms. The summed E-state index contributed by atoms with van der Waals surface area (Å²) in [7, 11) is 0. The Morgan fingerprint density at radius 3 is 2.45 bits per heavy atom. The first-order chi connectivity index (χ1) is 9.40. The number of aryl methyl sites for hydroxylation is 1. The number of alkyl halides is 1. The molecule has 0 atom stereocenters. The summed E-state index contributed by atoms with van der Waals surface area (Å²) in [6, 6.07) is 14.3. The Kier molecular flexibility index (Phi) is 4.39. The Labute approximate surface area is 126 Å². The van der Waals surface area contributed by atoms with Crippen LogP contribution in [0.15, 0.2) is 42.5 Å². The van der Waals surface area contributed by atoms with Crippen LogP contribution in [0.25, 0.3) is 0 Å². The van der Waals surface area contributed by atoms with Crippen LogP contribution >= 0.6 is 11.6 Å². The lowest BCUT2D eigenvalue weighted by molar-refractivity contribution is 0.474. The average molecular weight is 289 g/mol. The molecule has 0 amide bonds. The first-order valence-electron chi connectivity index (χ1n) is 6.84. The van der Waals surface area contributed by atoms with E-state index in [0.717, 1.165) is 17.1 Å². The highest BCUT2D eigenvalue weighted by molar-refractivity contribution is 6.17. The predicted molar refractivity (Wildman–Crippen MR) is 86.0 cm³/mol. The third-order valence-corrected chi connectivity index (χ3v) is 3.58. The zero-order chi connectivity index (χ0) is 14.8. The van der Waals surface area contributed by atoms with E-state index >= 15 is 0 Å². The van der Waals surface area contributed by atoms with Crippen LogP contribution in [0.1, 0.15) is 37.5 Å². The average Bonchev–Trinajstić information content (AvgIpc) is 2.40. The molecule has 0 radical (unpaired) electrons. The minimum atomic E-state index is 0.113. The molecule has 0 aliphatic carbocycles. The van der Waals surface area contributed by atoms with Gasteiger partial charge in [0.05, 0.1) is 5.88 Å². The summed E-state index contributed by atoms with van der Waals surface area (Å²) in [5.74, 6) is 2.14. The molecule has 20 heavy (non-hydrogen) atoms. The topological polar surface area (TPSA) is 9.23 Å². The molecule has 0 heterocycles. The minimum absolute atomic E-state index is 0.113. The van der Waals surface area contributed by atoms with Crippen molar-refractivity contribution >= 4 is 11.6 Å². The van der Waals surface area contributed by atoms with Gasteiger partial charge in [0, 0.05) is 5.56 Å². The number of benzene rings is 2. The van der Waals surface area contributed by atoms with E-state index in [0.29, 0.717) is 5.88 Å². The van der Waals surface area contributed by atoms with Gasteiger partial charge < -0.3 is 4.74 Å². The standard InChI is InChI=1S/C18H21ClO/c1-13-8-9-17(14(10-13)12-19)20-16-7-5-6-15(11-16)18(2,3)4/h5-11H,12H2,1-4H3. The van der Waals surface area contributed by atoms with E-state index in [1.807, 2.05) is 24.3 Å². The Bertz CT molecular complexity index is 597. The summed E-state index contributed by atoms with van der Waals surface area (Å²) in [6.45, 7) is 8.65. The second kappa shape index (κ2) is 5.88. The van der Waals surface area contributed by atoms with E-state index in [1.54, 1.807) is 0 Å². The molecule has 0 spiro atoms. The van der Waals surface area contributed by atoms with E-state index < -0.39 is 0 Å². The molecule has 106 valence electrons. The molecule has 2 aromatic carbocycles. The molecule has 1 nitrogen and oxygen atoms in total. The van der Waals surface area contributed by atoms with Gasteiger partial charge in [-0.3, -0.25) is 0 Å². The third kappa shape index (κ3) is 3.55. The van der Waals surface area contributed by atoms with Gasteiger partial charge >= 0.3 is 0 Å². The van der Waals surface area contributed by atoms with Gasteiger partial charge in [0.1, 0.15) is 11.5 Å². The molecule has 0 aliphatic rings. The summed E-state index contributed by atoms with van der Waals surface area (Å²) in [5.41, 5.74) is 3.58. The van der Waals surface area contributed by atoms with Gasteiger partial charge in [0.25, 0.3) is 0 Å². The van der Waals surface area contributed by atoms with Crippen molar-refractivity contribution in [1.29, 1.82) is 0 Å². The minimum Gasteiger partial charge on any atom is -0.457 e. The van der Waals surface area contributed by atoms with Gasteiger partial charge in [-0.1, -0.05) is 50.6 Å². The first-order valence-corrected chi connectivity index (χ1v) is 7.37. The van der Waals surface area contributed by atoms with Crippen LogP contribution in [0.3, 0.4) is 0 Å². The van der Waals surface area contributed by atoms with Crippen LogP contribution < -0.4 is 4.74 Å². The predicted octanol–water partition coefficient (Wildman–Crippen LogP) is 5.82. The van der Waals surface area contributed by atoms with E-state index in [4.69, 9.17) is 16.3 Å². The van der Waals surface area contributed by atoms with Gasteiger partial charge in [0.15, 0.2) is 0 Å². The van der Waals surface area contributed by atoms with Crippen molar-refractivity contribution in [3.63, 3.8) is 0 Å². The molecule has 2 heteroatoms. The van der Waals surface area contributed by atoms with Crippen molar-refractivity contribution in [2.45, 2.75) is 39.0 Å². The van der Waals surface area contributed by atoms with Crippen LogP contribution in [0.5, 0.6) is 11.5 Å². The van der Waals surface area contributed by atoms with Gasteiger partial charge in [0.2, 0.25) is 0 Å². The number of rotatable bonds is 3. The summed E-state index contributed by atoms with van der Waals surface area (Å²) in [4.78, 5) is 0. The van der Waals surface area contributed by atoms with Crippen LogP contribution in [-0.4, -0.2) is 0 Å². The molecule has 0 unspecified atom stereocenters. The first kappa shape index (κ1) is 14.9. The lowest BCUT2D eigenvalue weighted by Gasteiger charge is -2.20. The van der Waals surface area contributed by atoms with Crippen molar-refractivity contribution in [3.05, 3.63) is 59.2 Å². The van der Waals surface area contributed by atoms with Crippen LogP contribution in [0, 0.1) is 6.92 Å². The van der Waals surface area contributed by atoms with Crippen molar-refractivity contribution in [3.8, 4) is 11.5 Å². The highest BCUT2D eigenvalue weighted by atomic mass is 35.5. The number of hydrogen-bond donors (Lipinski definition) is 0. The molecule has 0 aliphatic heterocycles. The summed E-state index contributed by atoms with van der Waals surface area (Å²) in [6.07, 6.45) is 0. The maximum Gasteiger partial charge on any atom is 0.131 e. The Morgan fingerprint density at radius 1 is 1.05 bits per heavy atom. The van der Waals surface area contributed by atoms with Gasteiger partial charge in [-0.25, -0.2) is 0 Å². The van der Waals surface area contributed by atoms with E-state index in [9.17, 15) is 0 Å². The van der Waals surface area contributed by atoms with Gasteiger partial charge in [-0.15, -0.1) is 11.6 Å². The molecule has 0 N–H and O–H groups in total. The van der Waals surface area contributed by atoms with E-state index in [-0.39, 0.29) is 5.41 Å². The number of halogens is 1. The zero-order valence-electron chi connectivity index (χ0n) is 12.5. The largest absolute Gasteiger partial charge is 0.457 e. The Balaban J connectivity index is 2.31. The third-order valence-electron chi connectivity index (χ3n) is 3.29. The van der Waals surface area contributed by atoms with Gasteiger partial charge in [-0.2, -0.15) is 0 Å². The summed E-state index contributed by atoms with van der Waals surface area (Å²) in [5, 5.41) is 0. The molecule has 0 aromatic heterocycles. The quantitative estimate of drug-likeness (QED) is 0.646. The number of hydrogen-bond acceptors (Lipinski definition) is 1. The molecule has 0 fully saturated rings. The van der Waals surface area contributed by atoms with Crippen molar-refractivity contribution in [2.75, 3.05) is 0 Å². The molecule has 2 aromatic rings. The Hall–Kier alpha value is -1.47. The van der Waals surface area contributed by atoms with Crippen LogP contribution in [-0.2, 0) is 11.3 Å². The zero-order valence-corrected chi connectivity index (χ0v) is 13.3. The van der Waals surface area contributed by atoms with Crippen molar-refractivity contribution in [1.82, 2.24) is 0 Å². The van der Waals surface area contributed by atoms with Crippen LogP contribution in [0.2, 0.25) is 0 Å². The second-order valence-electron chi connectivity index (χ2n) is 6.12. The fourth-order valence-corrected chi connectivity index (χ4v) is 2.27. The fourth-order valence-electron chi connectivity index (χ4n) is 2.07. The second-order valence-corrected chi connectivity index (χ2v) is 6.39. The lowest BCUT2D eigenvalue weighted by Crippen LogP contribution is -2.10. The van der Waals surface area contributed by atoms with Gasteiger partial charge in [-0.05, 0) is 36.1 Å². The maximum absolute atomic E-state index is 6.01. The monoisotopic (exact) mass is 288 g/mol. The SMILES string of the molecule is Cc1ccc(Oc2cccc(C(C)(C)C)c2)c(CCl)c1. The van der Waals surface area contributed by atoms with Crippen LogP contribution in [0.4, 0.5) is 0 Å². The molecule has 0 saturated heterocycles. The lowest BCUT2D eigenvalue weighted by atomic mass is 9.87. The highest BCUT2D eigenvalue weighted by Gasteiger charge is 2.14. The highest BCUT2D eigenvalue weighted by Crippen LogP contribution is 2.31. The van der Waals surface area contributed by atoms with E-state index in [2.05, 4.69) is 45.9 Å². The summed E-state index contributed by atoms with van der Waals surface area (Å²) < 4.78 is 6.01. The van der Waals surface area contributed by atoms with Crippen molar-refractivity contribution < 1.29 is 4.74 Å². The smallest absolute Gasteiger partial charge is 0.131 e.